The number of benzene rings is 4. The summed E-state index contributed by atoms with van der Waals surface area (Å²) < 4.78 is 35.7. The van der Waals surface area contributed by atoms with Crippen LogP contribution in [-0.2, 0) is 36.0 Å². The number of rotatable bonds is 12. The number of piperidine rings is 1. The highest BCUT2D eigenvalue weighted by Crippen LogP contribution is 2.28. The van der Waals surface area contributed by atoms with Crippen molar-refractivity contribution in [2.24, 2.45) is 5.92 Å². The fourth-order valence-corrected chi connectivity index (χ4v) is 6.97. The zero-order valence-corrected chi connectivity index (χ0v) is 24.7. The van der Waals surface area contributed by atoms with Crippen molar-refractivity contribution in [1.29, 1.82) is 0 Å². The lowest BCUT2D eigenvalue weighted by Gasteiger charge is -2.39. The maximum absolute atomic E-state index is 14.1. The van der Waals surface area contributed by atoms with Gasteiger partial charge in [0.15, 0.2) is 0 Å². The third-order valence-corrected chi connectivity index (χ3v) is 9.58. The van der Waals surface area contributed by atoms with Crippen molar-refractivity contribution in [2.45, 2.75) is 57.1 Å². The van der Waals surface area contributed by atoms with Crippen LogP contribution in [0.5, 0.6) is 5.75 Å². The van der Waals surface area contributed by atoms with Crippen molar-refractivity contribution in [3.63, 3.8) is 0 Å². The molecule has 6 heteroatoms. The van der Waals surface area contributed by atoms with Gasteiger partial charge in [-0.25, -0.2) is 13.4 Å². The van der Waals surface area contributed by atoms with Crippen LogP contribution in [0, 0.1) is 5.92 Å². The molecule has 0 saturated carbocycles. The molecule has 5 nitrogen and oxygen atoms in total. The fraction of sp³-hybridized carbons (Fsp3) is 0.314. The third kappa shape index (κ3) is 7.85. The van der Waals surface area contributed by atoms with Gasteiger partial charge in [0.1, 0.15) is 12.4 Å². The zero-order valence-electron chi connectivity index (χ0n) is 23.9. The van der Waals surface area contributed by atoms with E-state index in [1.165, 1.54) is 5.56 Å². The molecule has 41 heavy (non-hydrogen) atoms. The zero-order chi connectivity index (χ0) is 28.5. The summed E-state index contributed by atoms with van der Waals surface area (Å²) >= 11 is 0. The molecule has 0 aromatic heterocycles. The monoisotopic (exact) mass is 568 g/mol. The summed E-state index contributed by atoms with van der Waals surface area (Å²) in [5.41, 5.74) is 4.53. The second-order valence-electron chi connectivity index (χ2n) is 10.9. The molecule has 1 aliphatic heterocycles. The van der Waals surface area contributed by atoms with E-state index in [1.54, 1.807) is 16.5 Å². The highest BCUT2D eigenvalue weighted by Gasteiger charge is 2.33. The summed E-state index contributed by atoms with van der Waals surface area (Å²) in [6.07, 6.45) is 4.93. The molecule has 4 aromatic carbocycles. The van der Waals surface area contributed by atoms with Gasteiger partial charge in [0.05, 0.1) is 11.4 Å². The second kappa shape index (κ2) is 13.9. The molecule has 0 atom stereocenters. The number of aryl methyl sites for hydroxylation is 1. The highest BCUT2D eigenvalue weighted by molar-refractivity contribution is 7.89. The normalized spacial score (nSPS) is 14.8. The maximum Gasteiger partial charge on any atom is 0.256 e. The molecule has 1 aliphatic rings. The lowest BCUT2D eigenvalue weighted by Crippen LogP contribution is -2.49. The van der Waals surface area contributed by atoms with E-state index < -0.39 is 10.0 Å². The summed E-state index contributed by atoms with van der Waals surface area (Å²) in [6.45, 7) is 4.33. The Morgan fingerprint density at radius 2 is 1.32 bits per heavy atom. The molecule has 0 bridgehead atoms. The van der Waals surface area contributed by atoms with Gasteiger partial charge in [-0.2, -0.15) is 0 Å². The molecule has 5 rings (SSSR count). The molecule has 0 unspecified atom stereocenters. The third-order valence-electron chi connectivity index (χ3n) is 7.80. The van der Waals surface area contributed by atoms with Gasteiger partial charge in [-0.15, -0.1) is 4.41 Å². The largest absolute Gasteiger partial charge is 0.489 e. The number of hydrazine groups is 1. The Kier molecular flexibility index (Phi) is 9.88. The van der Waals surface area contributed by atoms with E-state index in [1.807, 2.05) is 77.8 Å². The van der Waals surface area contributed by atoms with Gasteiger partial charge in [-0.05, 0) is 78.1 Å². The lowest BCUT2D eigenvalue weighted by molar-refractivity contribution is 0.0171. The first kappa shape index (κ1) is 29.1. The van der Waals surface area contributed by atoms with E-state index in [0.29, 0.717) is 30.5 Å². The Morgan fingerprint density at radius 3 is 1.93 bits per heavy atom. The highest BCUT2D eigenvalue weighted by atomic mass is 32.2. The van der Waals surface area contributed by atoms with Crippen LogP contribution in [0.25, 0.3) is 0 Å². The summed E-state index contributed by atoms with van der Waals surface area (Å²) in [4.78, 5) is 0.339. The van der Waals surface area contributed by atoms with Crippen molar-refractivity contribution in [2.75, 3.05) is 13.1 Å². The number of ether oxygens (including phenoxy) is 1. The minimum atomic E-state index is -3.74. The molecule has 1 heterocycles. The first-order valence-electron chi connectivity index (χ1n) is 14.7. The standard InChI is InChI=1S/C35H40N2O3S/c1-2-9-29-16-20-35(21-17-29)41(38,39)37(36-24-22-31(23-25-36)26-30-10-5-3-6-11-30)27-32-14-18-34(19-15-32)40-28-33-12-7-4-8-13-33/h3-8,10-21,31H,2,9,22-28H2,1H3. The molecule has 1 fully saturated rings. The summed E-state index contributed by atoms with van der Waals surface area (Å²) in [7, 11) is -3.74. The number of hydrogen-bond acceptors (Lipinski definition) is 4. The van der Waals surface area contributed by atoms with E-state index in [2.05, 4.69) is 31.2 Å². The Labute approximate surface area is 245 Å². The van der Waals surface area contributed by atoms with Crippen LogP contribution < -0.4 is 4.74 Å². The first-order valence-corrected chi connectivity index (χ1v) is 16.1. The van der Waals surface area contributed by atoms with Crippen LogP contribution >= 0.6 is 0 Å². The van der Waals surface area contributed by atoms with Crippen molar-refractivity contribution < 1.29 is 13.2 Å². The topological polar surface area (TPSA) is 49.9 Å². The van der Waals surface area contributed by atoms with Crippen LogP contribution in [0.2, 0.25) is 0 Å². The van der Waals surface area contributed by atoms with Crippen LogP contribution in [0.1, 0.15) is 48.4 Å². The molecule has 0 N–H and O–H groups in total. The molecule has 0 radical (unpaired) electrons. The maximum atomic E-state index is 14.1. The molecule has 0 spiro atoms. The van der Waals surface area contributed by atoms with Gasteiger partial charge in [0.2, 0.25) is 0 Å². The van der Waals surface area contributed by atoms with Gasteiger partial charge in [-0.3, -0.25) is 0 Å². The van der Waals surface area contributed by atoms with Gasteiger partial charge in [0.25, 0.3) is 10.0 Å². The van der Waals surface area contributed by atoms with E-state index in [4.69, 9.17) is 4.74 Å². The quantitative estimate of drug-likeness (QED) is 0.180. The van der Waals surface area contributed by atoms with Crippen molar-refractivity contribution in [1.82, 2.24) is 9.42 Å². The van der Waals surface area contributed by atoms with Crippen LogP contribution in [0.15, 0.2) is 114 Å². The van der Waals surface area contributed by atoms with E-state index in [9.17, 15) is 8.42 Å². The molecule has 214 valence electrons. The molecule has 4 aromatic rings. The van der Waals surface area contributed by atoms with E-state index >= 15 is 0 Å². The van der Waals surface area contributed by atoms with E-state index in [0.717, 1.165) is 54.5 Å². The summed E-state index contributed by atoms with van der Waals surface area (Å²) in [6, 6.07) is 35.8. The Morgan fingerprint density at radius 1 is 0.732 bits per heavy atom. The predicted molar refractivity (Wildman–Crippen MR) is 165 cm³/mol. The van der Waals surface area contributed by atoms with Crippen LogP contribution in [-0.4, -0.2) is 30.9 Å². The van der Waals surface area contributed by atoms with E-state index in [-0.39, 0.29) is 6.54 Å². The molecular formula is C35H40N2O3S. The Hall–Kier alpha value is -3.45. The van der Waals surface area contributed by atoms with Crippen molar-refractivity contribution in [3.05, 3.63) is 131 Å². The molecular weight excluding hydrogens is 528 g/mol. The first-order chi connectivity index (χ1) is 20.0. The summed E-state index contributed by atoms with van der Waals surface area (Å²) in [5, 5.41) is 2.04. The SMILES string of the molecule is CCCc1ccc(S(=O)(=O)N(Cc2ccc(OCc3ccccc3)cc2)N2CCC(Cc3ccccc3)CC2)cc1. The second-order valence-corrected chi connectivity index (χ2v) is 12.7. The minimum Gasteiger partial charge on any atom is -0.489 e. The fourth-order valence-electron chi connectivity index (χ4n) is 5.46. The predicted octanol–water partition coefficient (Wildman–Crippen LogP) is 7.28. The van der Waals surface area contributed by atoms with Crippen molar-refractivity contribution in [3.8, 4) is 5.75 Å². The average molecular weight is 569 g/mol. The van der Waals surface area contributed by atoms with Gasteiger partial charge in [-0.1, -0.05) is 98.3 Å². The number of sulfonamides is 1. The lowest BCUT2D eigenvalue weighted by atomic mass is 9.91. The van der Waals surface area contributed by atoms with Crippen molar-refractivity contribution >= 4 is 10.0 Å². The summed E-state index contributed by atoms with van der Waals surface area (Å²) in [5.74, 6) is 1.31. The minimum absolute atomic E-state index is 0.279. The Bertz CT molecular complexity index is 1450. The average Bonchev–Trinajstić information content (AvgIpc) is 3.01. The molecule has 0 aliphatic carbocycles. The van der Waals surface area contributed by atoms with Crippen LogP contribution in [0.3, 0.4) is 0 Å². The molecule has 0 amide bonds. The van der Waals surface area contributed by atoms with Gasteiger partial charge >= 0.3 is 0 Å². The molecule has 1 saturated heterocycles. The van der Waals surface area contributed by atoms with Gasteiger partial charge < -0.3 is 4.74 Å². The number of hydrogen-bond donors (Lipinski definition) is 0. The van der Waals surface area contributed by atoms with Crippen LogP contribution in [0.4, 0.5) is 0 Å². The van der Waals surface area contributed by atoms with Gasteiger partial charge in [0, 0.05) is 13.1 Å². The Balaban J connectivity index is 1.31. The smallest absolute Gasteiger partial charge is 0.256 e. The number of nitrogens with zero attached hydrogens (tertiary/aromatic N) is 2.